The van der Waals surface area contributed by atoms with Crippen LogP contribution in [0.15, 0.2) is 84.7 Å². The highest BCUT2D eigenvalue weighted by atomic mass is 35.5. The van der Waals surface area contributed by atoms with Gasteiger partial charge in [-0.2, -0.15) is 0 Å². The minimum Gasteiger partial charge on any atom is -0.372 e. The number of rotatable bonds is 8. The van der Waals surface area contributed by atoms with Crippen molar-refractivity contribution in [2.75, 3.05) is 37.6 Å². The fourth-order valence-corrected chi connectivity index (χ4v) is 6.02. The van der Waals surface area contributed by atoms with Gasteiger partial charge in [-0.05, 0) is 42.3 Å². The number of fused-ring (bicyclic) bond motifs is 3. The van der Waals surface area contributed by atoms with Gasteiger partial charge in [0.1, 0.15) is 0 Å². The van der Waals surface area contributed by atoms with Crippen molar-refractivity contribution in [2.45, 2.75) is 32.2 Å². The van der Waals surface area contributed by atoms with Crippen LogP contribution in [-0.4, -0.2) is 59.2 Å². The Labute approximate surface area is 240 Å². The molecule has 0 atom stereocenters. The fourth-order valence-electron chi connectivity index (χ4n) is 5.82. The van der Waals surface area contributed by atoms with Gasteiger partial charge in [-0.1, -0.05) is 66.2 Å². The van der Waals surface area contributed by atoms with Gasteiger partial charge in [0.25, 0.3) is 0 Å². The van der Waals surface area contributed by atoms with Crippen molar-refractivity contribution in [2.24, 2.45) is 0 Å². The van der Waals surface area contributed by atoms with Crippen LogP contribution in [0.4, 0.5) is 5.69 Å². The highest BCUT2D eigenvalue weighted by Crippen LogP contribution is 2.37. The molecule has 0 saturated carbocycles. The number of allylic oxidation sites excluding steroid dienone is 3. The van der Waals surface area contributed by atoms with Gasteiger partial charge in [-0.25, -0.2) is 0 Å². The van der Waals surface area contributed by atoms with Crippen LogP contribution in [0, 0.1) is 0 Å². The molecule has 6 nitrogen and oxygen atoms in total. The van der Waals surface area contributed by atoms with Gasteiger partial charge in [0.2, 0.25) is 5.91 Å². The molecule has 2 aliphatic heterocycles. The summed E-state index contributed by atoms with van der Waals surface area (Å²) in [4.78, 5) is 38.3. The summed E-state index contributed by atoms with van der Waals surface area (Å²) >= 11 is 6.47. The van der Waals surface area contributed by atoms with Gasteiger partial charge in [-0.3, -0.25) is 19.5 Å². The second-order valence-electron chi connectivity index (χ2n) is 10.6. The average molecular weight is 553 g/mol. The maximum absolute atomic E-state index is 13.5. The van der Waals surface area contributed by atoms with Gasteiger partial charge in [-0.15, -0.1) is 0 Å². The Bertz CT molecular complexity index is 1490. The van der Waals surface area contributed by atoms with E-state index >= 15 is 0 Å². The number of ketones is 1. The van der Waals surface area contributed by atoms with E-state index < -0.39 is 0 Å². The third-order valence-electron chi connectivity index (χ3n) is 8.09. The molecule has 204 valence electrons. The maximum Gasteiger partial charge on any atom is 0.231 e. The van der Waals surface area contributed by atoms with Crippen molar-refractivity contribution in [1.82, 2.24) is 14.8 Å². The summed E-state index contributed by atoms with van der Waals surface area (Å²) in [6.07, 6.45) is 10.8. The van der Waals surface area contributed by atoms with E-state index in [4.69, 9.17) is 16.6 Å². The van der Waals surface area contributed by atoms with E-state index in [1.54, 1.807) is 11.1 Å². The summed E-state index contributed by atoms with van der Waals surface area (Å²) in [5, 5.41) is 0.608. The number of benzene rings is 2. The average Bonchev–Trinajstić information content (AvgIpc) is 3.49. The quantitative estimate of drug-likeness (QED) is 0.325. The zero-order valence-corrected chi connectivity index (χ0v) is 23.3. The topological polar surface area (TPSA) is 56.8 Å². The van der Waals surface area contributed by atoms with Crippen LogP contribution < -0.4 is 4.90 Å². The Morgan fingerprint density at radius 1 is 1.00 bits per heavy atom. The van der Waals surface area contributed by atoms with Gasteiger partial charge < -0.3 is 9.80 Å². The third-order valence-corrected chi connectivity index (χ3v) is 8.46. The van der Waals surface area contributed by atoms with Crippen LogP contribution in [0.25, 0.3) is 11.3 Å². The SMILES string of the molecule is O=C(CCCN1CCN(C2=CC=CC2)CC1)c1cnc2c(c1)N(Cc1ccccc1Cl)C(=O)Cc1ccccc1-2. The molecule has 1 fully saturated rings. The summed E-state index contributed by atoms with van der Waals surface area (Å²) in [6, 6.07) is 17.3. The second-order valence-corrected chi connectivity index (χ2v) is 11.0. The second kappa shape index (κ2) is 11.8. The summed E-state index contributed by atoms with van der Waals surface area (Å²) in [5.41, 5.74) is 6.04. The first-order valence-electron chi connectivity index (χ1n) is 14.0. The Hall–Kier alpha value is -3.74. The first-order chi connectivity index (χ1) is 19.6. The number of amides is 1. The molecule has 3 aromatic rings. The standard InChI is InChI=1S/C33H33ClN4O2/c34-29-13-6-2-9-25(29)23-38-30-20-26(22-35-33(30)28-12-5-1-8-24(28)21-32(38)40)31(39)14-7-15-36-16-18-37(19-17-36)27-10-3-4-11-27/h1-6,8-10,12-13,20,22H,7,11,14-19,21,23H2. The minimum absolute atomic E-state index is 0.0409. The molecule has 1 aromatic heterocycles. The minimum atomic E-state index is -0.0409. The molecule has 1 aliphatic carbocycles. The number of hydrogen-bond donors (Lipinski definition) is 0. The van der Waals surface area contributed by atoms with Crippen LogP contribution in [0.1, 0.15) is 40.7 Å². The van der Waals surface area contributed by atoms with Crippen LogP contribution in [0.2, 0.25) is 5.02 Å². The Morgan fingerprint density at radius 2 is 1.80 bits per heavy atom. The molecule has 0 N–H and O–H groups in total. The number of pyridine rings is 1. The molecule has 0 unspecified atom stereocenters. The van der Waals surface area contributed by atoms with Crippen molar-refractivity contribution in [1.29, 1.82) is 0 Å². The Balaban J connectivity index is 1.17. The van der Waals surface area contributed by atoms with Gasteiger partial charge in [0.15, 0.2) is 5.78 Å². The molecule has 0 radical (unpaired) electrons. The molecule has 1 saturated heterocycles. The molecular weight excluding hydrogens is 520 g/mol. The smallest absolute Gasteiger partial charge is 0.231 e. The zero-order valence-electron chi connectivity index (χ0n) is 22.6. The number of nitrogens with zero attached hydrogens (tertiary/aromatic N) is 4. The first-order valence-corrected chi connectivity index (χ1v) is 14.4. The van der Waals surface area contributed by atoms with Crippen LogP contribution >= 0.6 is 11.6 Å². The maximum atomic E-state index is 13.5. The molecule has 3 aliphatic rings. The van der Waals surface area contributed by atoms with E-state index in [1.165, 1.54) is 5.70 Å². The number of piperazine rings is 1. The van der Waals surface area contributed by atoms with E-state index in [0.717, 1.165) is 67.9 Å². The molecule has 1 amide bonds. The predicted molar refractivity (Wildman–Crippen MR) is 159 cm³/mol. The lowest BCUT2D eigenvalue weighted by Gasteiger charge is -2.36. The predicted octanol–water partition coefficient (Wildman–Crippen LogP) is 5.92. The van der Waals surface area contributed by atoms with E-state index in [9.17, 15) is 9.59 Å². The number of Topliss-reactive ketones (excluding diaryl/α,β-unsaturated/α-hetero) is 1. The summed E-state index contributed by atoms with van der Waals surface area (Å²) in [5.74, 6) is 0.0135. The number of halogens is 1. The van der Waals surface area contributed by atoms with E-state index in [1.807, 2.05) is 54.6 Å². The van der Waals surface area contributed by atoms with Crippen molar-refractivity contribution in [3.8, 4) is 11.3 Å². The summed E-state index contributed by atoms with van der Waals surface area (Å²) < 4.78 is 0. The largest absolute Gasteiger partial charge is 0.372 e. The molecule has 7 heteroatoms. The van der Waals surface area contributed by atoms with Crippen LogP contribution in [0.3, 0.4) is 0 Å². The monoisotopic (exact) mass is 552 g/mol. The highest BCUT2D eigenvalue weighted by molar-refractivity contribution is 6.31. The molecular formula is C33H33ClN4O2. The summed E-state index contributed by atoms with van der Waals surface area (Å²) in [7, 11) is 0. The van der Waals surface area contributed by atoms with Crippen molar-refractivity contribution in [3.05, 3.63) is 106 Å². The van der Waals surface area contributed by atoms with Gasteiger partial charge in [0, 0.05) is 67.1 Å². The third kappa shape index (κ3) is 5.60. The van der Waals surface area contributed by atoms with Crippen molar-refractivity contribution in [3.63, 3.8) is 0 Å². The number of carbonyl (C=O) groups is 2. The molecule has 3 heterocycles. The first kappa shape index (κ1) is 26.5. The molecule has 2 aromatic carbocycles. The highest BCUT2D eigenvalue weighted by Gasteiger charge is 2.28. The van der Waals surface area contributed by atoms with E-state index in [2.05, 4.69) is 28.0 Å². The number of hydrogen-bond acceptors (Lipinski definition) is 5. The number of aromatic nitrogens is 1. The lowest BCUT2D eigenvalue weighted by Crippen LogP contribution is -2.45. The molecule has 6 rings (SSSR count). The van der Waals surface area contributed by atoms with E-state index in [0.29, 0.717) is 29.2 Å². The lowest BCUT2D eigenvalue weighted by molar-refractivity contribution is -0.118. The van der Waals surface area contributed by atoms with Crippen molar-refractivity contribution >= 4 is 29.0 Å². The summed E-state index contributed by atoms with van der Waals surface area (Å²) in [6.45, 7) is 5.33. The molecule has 0 spiro atoms. The molecule has 40 heavy (non-hydrogen) atoms. The lowest BCUT2D eigenvalue weighted by atomic mass is 10.0. The van der Waals surface area contributed by atoms with Crippen LogP contribution in [-0.2, 0) is 17.8 Å². The van der Waals surface area contributed by atoms with Gasteiger partial charge >= 0.3 is 0 Å². The normalized spacial score (nSPS) is 16.9. The van der Waals surface area contributed by atoms with E-state index in [-0.39, 0.29) is 18.1 Å². The van der Waals surface area contributed by atoms with Crippen molar-refractivity contribution < 1.29 is 9.59 Å². The number of carbonyl (C=O) groups excluding carboxylic acids is 2. The molecule has 0 bridgehead atoms. The van der Waals surface area contributed by atoms with Crippen LogP contribution in [0.5, 0.6) is 0 Å². The Morgan fingerprint density at radius 3 is 2.60 bits per heavy atom. The van der Waals surface area contributed by atoms with Gasteiger partial charge in [0.05, 0.1) is 24.3 Å². The zero-order chi connectivity index (χ0) is 27.5. The number of anilines is 1. The fraction of sp³-hybridized carbons (Fsp3) is 0.303. The Kier molecular flexibility index (Phi) is 7.80.